The zero-order valence-electron chi connectivity index (χ0n) is 11.8. The third-order valence-electron chi connectivity index (χ3n) is 3.20. The molecule has 0 aromatic carbocycles. The van der Waals surface area contributed by atoms with Crippen LogP contribution in [0, 0.1) is 6.92 Å². The molecule has 1 aliphatic rings. The number of rotatable bonds is 5. The second-order valence-electron chi connectivity index (χ2n) is 4.61. The molecular weight excluding hydrogens is 244 g/mol. The summed E-state index contributed by atoms with van der Waals surface area (Å²) < 4.78 is 10.9. The van der Waals surface area contributed by atoms with E-state index in [0.29, 0.717) is 11.7 Å². The van der Waals surface area contributed by atoms with Gasteiger partial charge in [0.1, 0.15) is 11.6 Å². The SMILES string of the molecule is CCN1CCOC(CNc2cc(OC)nc(C)n2)C1. The van der Waals surface area contributed by atoms with Crippen LogP contribution in [0.1, 0.15) is 12.7 Å². The van der Waals surface area contributed by atoms with Crippen molar-refractivity contribution in [3.8, 4) is 5.88 Å². The summed E-state index contributed by atoms with van der Waals surface area (Å²) in [5.74, 6) is 2.05. The minimum Gasteiger partial charge on any atom is -0.481 e. The van der Waals surface area contributed by atoms with Gasteiger partial charge in [0.15, 0.2) is 0 Å². The first-order chi connectivity index (χ1) is 9.21. The molecule has 106 valence electrons. The average molecular weight is 266 g/mol. The Balaban J connectivity index is 1.89. The van der Waals surface area contributed by atoms with Crippen molar-refractivity contribution in [2.24, 2.45) is 0 Å². The maximum Gasteiger partial charge on any atom is 0.218 e. The highest BCUT2D eigenvalue weighted by Gasteiger charge is 2.19. The highest BCUT2D eigenvalue weighted by Crippen LogP contribution is 2.13. The molecule has 2 heterocycles. The Labute approximate surface area is 114 Å². The van der Waals surface area contributed by atoms with E-state index >= 15 is 0 Å². The summed E-state index contributed by atoms with van der Waals surface area (Å²) in [5, 5.41) is 3.29. The van der Waals surface area contributed by atoms with Crippen LogP contribution in [-0.4, -0.2) is 60.9 Å². The van der Waals surface area contributed by atoms with E-state index in [1.54, 1.807) is 13.2 Å². The van der Waals surface area contributed by atoms with E-state index in [1.807, 2.05) is 6.92 Å². The minimum absolute atomic E-state index is 0.204. The molecule has 6 heteroatoms. The van der Waals surface area contributed by atoms with Crippen LogP contribution < -0.4 is 10.1 Å². The number of aryl methyl sites for hydroxylation is 1. The van der Waals surface area contributed by atoms with E-state index in [0.717, 1.165) is 38.6 Å². The number of nitrogens with zero attached hydrogens (tertiary/aromatic N) is 3. The third kappa shape index (κ3) is 4.04. The van der Waals surface area contributed by atoms with Crippen molar-refractivity contribution in [1.82, 2.24) is 14.9 Å². The van der Waals surface area contributed by atoms with Crippen LogP contribution in [0.2, 0.25) is 0 Å². The Morgan fingerprint density at radius 1 is 1.53 bits per heavy atom. The number of aromatic nitrogens is 2. The zero-order valence-corrected chi connectivity index (χ0v) is 11.8. The number of anilines is 1. The molecule has 19 heavy (non-hydrogen) atoms. The van der Waals surface area contributed by atoms with E-state index < -0.39 is 0 Å². The summed E-state index contributed by atoms with van der Waals surface area (Å²) in [7, 11) is 1.61. The molecule has 1 unspecified atom stereocenters. The highest BCUT2D eigenvalue weighted by atomic mass is 16.5. The van der Waals surface area contributed by atoms with Crippen molar-refractivity contribution in [3.05, 3.63) is 11.9 Å². The van der Waals surface area contributed by atoms with Gasteiger partial charge >= 0.3 is 0 Å². The predicted octanol–water partition coefficient (Wildman–Crippen LogP) is 0.926. The summed E-state index contributed by atoms with van der Waals surface area (Å²) >= 11 is 0. The second-order valence-corrected chi connectivity index (χ2v) is 4.61. The Bertz CT molecular complexity index is 414. The van der Waals surface area contributed by atoms with Crippen molar-refractivity contribution in [2.75, 3.05) is 45.2 Å². The normalized spacial score (nSPS) is 20.3. The first kappa shape index (κ1) is 14.0. The fraction of sp³-hybridized carbons (Fsp3) is 0.692. The number of ether oxygens (including phenoxy) is 2. The van der Waals surface area contributed by atoms with Gasteiger partial charge in [-0.25, -0.2) is 4.98 Å². The Morgan fingerprint density at radius 2 is 2.37 bits per heavy atom. The van der Waals surface area contributed by atoms with Gasteiger partial charge in [-0.1, -0.05) is 6.92 Å². The molecule has 1 N–H and O–H groups in total. The topological polar surface area (TPSA) is 59.5 Å². The van der Waals surface area contributed by atoms with E-state index in [-0.39, 0.29) is 6.10 Å². The van der Waals surface area contributed by atoms with Crippen LogP contribution in [-0.2, 0) is 4.74 Å². The summed E-state index contributed by atoms with van der Waals surface area (Å²) in [6.07, 6.45) is 0.204. The van der Waals surface area contributed by atoms with Crippen LogP contribution in [0.3, 0.4) is 0 Å². The molecule has 1 aromatic heterocycles. The zero-order chi connectivity index (χ0) is 13.7. The van der Waals surface area contributed by atoms with E-state index in [2.05, 4.69) is 27.1 Å². The van der Waals surface area contributed by atoms with E-state index in [9.17, 15) is 0 Å². The predicted molar refractivity (Wildman–Crippen MR) is 73.7 cm³/mol. The lowest BCUT2D eigenvalue weighted by Crippen LogP contribution is -2.45. The van der Waals surface area contributed by atoms with E-state index in [4.69, 9.17) is 9.47 Å². The monoisotopic (exact) mass is 266 g/mol. The van der Waals surface area contributed by atoms with E-state index in [1.165, 1.54) is 0 Å². The van der Waals surface area contributed by atoms with Crippen molar-refractivity contribution in [1.29, 1.82) is 0 Å². The maximum absolute atomic E-state index is 5.74. The molecule has 6 nitrogen and oxygen atoms in total. The molecule has 1 aromatic rings. The Morgan fingerprint density at radius 3 is 3.11 bits per heavy atom. The first-order valence-electron chi connectivity index (χ1n) is 6.68. The van der Waals surface area contributed by atoms with Gasteiger partial charge in [0.2, 0.25) is 5.88 Å². The lowest BCUT2D eigenvalue weighted by Gasteiger charge is -2.32. The van der Waals surface area contributed by atoms with Crippen LogP contribution in [0.4, 0.5) is 5.82 Å². The molecule has 0 spiro atoms. The van der Waals surface area contributed by atoms with Crippen molar-refractivity contribution >= 4 is 5.82 Å². The van der Waals surface area contributed by atoms with Crippen LogP contribution in [0.15, 0.2) is 6.07 Å². The summed E-state index contributed by atoms with van der Waals surface area (Å²) in [4.78, 5) is 10.9. The quantitative estimate of drug-likeness (QED) is 0.855. The Kier molecular flexibility index (Phi) is 4.93. The molecule has 1 aliphatic heterocycles. The number of likely N-dealkylation sites (N-methyl/N-ethyl adjacent to an activating group) is 1. The van der Waals surface area contributed by atoms with Gasteiger partial charge in [-0.05, 0) is 13.5 Å². The van der Waals surface area contributed by atoms with Gasteiger partial charge in [-0.15, -0.1) is 0 Å². The molecule has 2 rings (SSSR count). The van der Waals surface area contributed by atoms with Crippen molar-refractivity contribution in [2.45, 2.75) is 20.0 Å². The molecule has 0 saturated carbocycles. The third-order valence-corrected chi connectivity index (χ3v) is 3.20. The van der Waals surface area contributed by atoms with Crippen molar-refractivity contribution < 1.29 is 9.47 Å². The molecule has 1 atom stereocenters. The van der Waals surface area contributed by atoms with Gasteiger partial charge in [-0.2, -0.15) is 4.98 Å². The van der Waals surface area contributed by atoms with Gasteiger partial charge < -0.3 is 14.8 Å². The molecule has 0 radical (unpaired) electrons. The number of morpholine rings is 1. The lowest BCUT2D eigenvalue weighted by atomic mass is 10.2. The first-order valence-corrected chi connectivity index (χ1v) is 6.68. The molecule has 0 aliphatic carbocycles. The fourth-order valence-corrected chi connectivity index (χ4v) is 2.14. The van der Waals surface area contributed by atoms with Gasteiger partial charge in [-0.3, -0.25) is 4.90 Å². The number of hydrogen-bond donors (Lipinski definition) is 1. The number of methoxy groups -OCH3 is 1. The lowest BCUT2D eigenvalue weighted by molar-refractivity contribution is -0.0192. The van der Waals surface area contributed by atoms with Crippen LogP contribution in [0.5, 0.6) is 5.88 Å². The molecular formula is C13H22N4O2. The van der Waals surface area contributed by atoms with Crippen LogP contribution in [0.25, 0.3) is 0 Å². The van der Waals surface area contributed by atoms with Crippen LogP contribution >= 0.6 is 0 Å². The smallest absolute Gasteiger partial charge is 0.218 e. The second kappa shape index (κ2) is 6.68. The average Bonchev–Trinajstić information content (AvgIpc) is 2.44. The molecule has 1 fully saturated rings. The summed E-state index contributed by atoms with van der Waals surface area (Å²) in [5.41, 5.74) is 0. The number of nitrogens with one attached hydrogen (secondary N) is 1. The summed E-state index contributed by atoms with van der Waals surface area (Å²) in [6, 6.07) is 1.80. The van der Waals surface area contributed by atoms with Gasteiger partial charge in [0.05, 0.1) is 19.8 Å². The molecule has 0 amide bonds. The van der Waals surface area contributed by atoms with Gasteiger partial charge in [0.25, 0.3) is 0 Å². The maximum atomic E-state index is 5.74. The Hall–Kier alpha value is -1.40. The van der Waals surface area contributed by atoms with Crippen molar-refractivity contribution in [3.63, 3.8) is 0 Å². The fourth-order valence-electron chi connectivity index (χ4n) is 2.14. The minimum atomic E-state index is 0.204. The summed E-state index contributed by atoms with van der Waals surface area (Å²) in [6.45, 7) is 8.62. The molecule has 1 saturated heterocycles. The largest absolute Gasteiger partial charge is 0.481 e. The standard InChI is InChI=1S/C13H22N4O2/c1-4-17-5-6-19-11(9-17)8-14-12-7-13(18-3)16-10(2)15-12/h7,11H,4-6,8-9H2,1-3H3,(H,14,15,16). The highest BCUT2D eigenvalue weighted by molar-refractivity contribution is 5.38. The number of hydrogen-bond acceptors (Lipinski definition) is 6. The molecule has 0 bridgehead atoms. The van der Waals surface area contributed by atoms with Gasteiger partial charge in [0, 0.05) is 25.7 Å².